The van der Waals surface area contributed by atoms with E-state index in [0.29, 0.717) is 6.04 Å². The summed E-state index contributed by atoms with van der Waals surface area (Å²) in [5.41, 5.74) is 2.47. The van der Waals surface area contributed by atoms with Crippen LogP contribution in [0.15, 0.2) is 60.7 Å². The quantitative estimate of drug-likeness (QED) is 0.843. The van der Waals surface area contributed by atoms with Gasteiger partial charge < -0.3 is 10.2 Å². The molecule has 2 nitrogen and oxygen atoms in total. The number of nitrogens with zero attached hydrogens (tertiary/aromatic N) is 1. The van der Waals surface area contributed by atoms with E-state index in [1.807, 2.05) is 0 Å². The van der Waals surface area contributed by atoms with Crippen LogP contribution in [0.5, 0.6) is 0 Å². The van der Waals surface area contributed by atoms with Crippen molar-refractivity contribution in [3.8, 4) is 0 Å². The second-order valence-electron chi connectivity index (χ2n) is 4.93. The summed E-state index contributed by atoms with van der Waals surface area (Å²) in [4.78, 5) is 2.34. The van der Waals surface area contributed by atoms with Gasteiger partial charge in [-0.25, -0.2) is 0 Å². The number of hydrogen-bond donors (Lipinski definition) is 1. The molecule has 0 saturated heterocycles. The van der Waals surface area contributed by atoms with Gasteiger partial charge in [0, 0.05) is 30.5 Å². The summed E-state index contributed by atoms with van der Waals surface area (Å²) in [5, 5.41) is 3.47. The van der Waals surface area contributed by atoms with Crippen molar-refractivity contribution in [3.05, 3.63) is 60.7 Å². The van der Waals surface area contributed by atoms with Crippen LogP contribution < -0.4 is 10.2 Å². The van der Waals surface area contributed by atoms with E-state index in [2.05, 4.69) is 84.7 Å². The van der Waals surface area contributed by atoms with Crippen molar-refractivity contribution in [2.75, 3.05) is 18.0 Å². The fourth-order valence-electron chi connectivity index (χ4n) is 2.09. The van der Waals surface area contributed by atoms with E-state index in [4.69, 9.17) is 0 Å². The average Bonchev–Trinajstić information content (AvgIpc) is 2.45. The molecule has 100 valence electrons. The molecular formula is C17H22N2. The molecule has 1 N–H and O–H groups in total. The maximum absolute atomic E-state index is 3.47. The van der Waals surface area contributed by atoms with Crippen LogP contribution in [0, 0.1) is 0 Å². The zero-order chi connectivity index (χ0) is 13.5. The topological polar surface area (TPSA) is 15.3 Å². The van der Waals surface area contributed by atoms with Crippen LogP contribution in [0.25, 0.3) is 0 Å². The normalized spacial score (nSPS) is 10.7. The fourth-order valence-corrected chi connectivity index (χ4v) is 2.09. The molecule has 0 spiro atoms. The third kappa shape index (κ3) is 4.11. The molecule has 0 heterocycles. The van der Waals surface area contributed by atoms with Gasteiger partial charge in [0.25, 0.3) is 0 Å². The highest BCUT2D eigenvalue weighted by atomic mass is 15.1. The van der Waals surface area contributed by atoms with Crippen molar-refractivity contribution >= 4 is 11.4 Å². The van der Waals surface area contributed by atoms with Gasteiger partial charge >= 0.3 is 0 Å². The van der Waals surface area contributed by atoms with E-state index in [1.165, 1.54) is 11.4 Å². The van der Waals surface area contributed by atoms with Gasteiger partial charge in [0.2, 0.25) is 0 Å². The first kappa shape index (κ1) is 13.6. The monoisotopic (exact) mass is 254 g/mol. The summed E-state index contributed by atoms with van der Waals surface area (Å²) in [5.74, 6) is 0. The largest absolute Gasteiger partial charge is 0.340 e. The van der Waals surface area contributed by atoms with Gasteiger partial charge in [0.1, 0.15) is 0 Å². The lowest BCUT2D eigenvalue weighted by atomic mass is 10.2. The van der Waals surface area contributed by atoms with Crippen molar-refractivity contribution in [1.29, 1.82) is 0 Å². The van der Waals surface area contributed by atoms with E-state index < -0.39 is 0 Å². The maximum atomic E-state index is 3.47. The summed E-state index contributed by atoms with van der Waals surface area (Å²) in [7, 11) is 0. The highest BCUT2D eigenvalue weighted by molar-refractivity contribution is 5.62. The van der Waals surface area contributed by atoms with Crippen LogP contribution >= 0.6 is 0 Å². The molecule has 0 aromatic heterocycles. The summed E-state index contributed by atoms with van der Waals surface area (Å²) in [6, 6.07) is 21.6. The van der Waals surface area contributed by atoms with Gasteiger partial charge in [-0.1, -0.05) is 50.2 Å². The number of anilines is 2. The van der Waals surface area contributed by atoms with Crippen LogP contribution in [-0.4, -0.2) is 19.1 Å². The Morgan fingerprint density at radius 1 is 0.842 bits per heavy atom. The third-order valence-corrected chi connectivity index (χ3v) is 3.02. The number of para-hydroxylation sites is 2. The molecule has 0 amide bonds. The van der Waals surface area contributed by atoms with Crippen molar-refractivity contribution in [2.45, 2.75) is 19.9 Å². The number of benzene rings is 2. The number of hydrogen-bond acceptors (Lipinski definition) is 2. The molecule has 0 aliphatic heterocycles. The van der Waals surface area contributed by atoms with Gasteiger partial charge in [-0.3, -0.25) is 0 Å². The minimum Gasteiger partial charge on any atom is -0.340 e. The van der Waals surface area contributed by atoms with E-state index in [0.717, 1.165) is 13.1 Å². The molecule has 2 aromatic rings. The summed E-state index contributed by atoms with van der Waals surface area (Å²) in [6.45, 7) is 6.29. The predicted molar refractivity (Wildman–Crippen MR) is 83.0 cm³/mol. The molecule has 0 fully saturated rings. The molecule has 0 aliphatic rings. The van der Waals surface area contributed by atoms with Crippen molar-refractivity contribution in [1.82, 2.24) is 5.32 Å². The Morgan fingerprint density at radius 2 is 1.32 bits per heavy atom. The molecule has 19 heavy (non-hydrogen) atoms. The molecule has 2 rings (SSSR count). The highest BCUT2D eigenvalue weighted by Crippen LogP contribution is 2.23. The Labute approximate surface area is 116 Å². The molecule has 0 aliphatic carbocycles. The third-order valence-electron chi connectivity index (χ3n) is 3.02. The van der Waals surface area contributed by atoms with E-state index in [9.17, 15) is 0 Å². The zero-order valence-corrected chi connectivity index (χ0v) is 11.7. The van der Waals surface area contributed by atoms with Crippen LogP contribution in [0.2, 0.25) is 0 Å². The molecule has 0 saturated carbocycles. The zero-order valence-electron chi connectivity index (χ0n) is 11.7. The number of rotatable bonds is 6. The number of nitrogens with one attached hydrogen (secondary N) is 1. The van der Waals surface area contributed by atoms with Crippen LogP contribution in [0.4, 0.5) is 11.4 Å². The molecule has 2 heteroatoms. The smallest absolute Gasteiger partial charge is 0.0411 e. The first-order chi connectivity index (χ1) is 9.27. The Hall–Kier alpha value is -1.80. The van der Waals surface area contributed by atoms with Gasteiger partial charge in [-0.15, -0.1) is 0 Å². The Bertz CT molecular complexity index is 426. The lowest BCUT2D eigenvalue weighted by Crippen LogP contribution is -2.32. The molecule has 0 bridgehead atoms. The highest BCUT2D eigenvalue weighted by Gasteiger charge is 2.08. The standard InChI is InChI=1S/C17H22N2/c1-15(2)18-13-14-19(16-9-5-3-6-10-16)17-11-7-4-8-12-17/h3-12,15,18H,13-14H2,1-2H3. The predicted octanol–water partition coefficient (Wildman–Crippen LogP) is 3.82. The van der Waals surface area contributed by atoms with E-state index in [-0.39, 0.29) is 0 Å². The first-order valence-corrected chi connectivity index (χ1v) is 6.88. The fraction of sp³-hybridized carbons (Fsp3) is 0.294. The summed E-state index contributed by atoms with van der Waals surface area (Å²) < 4.78 is 0. The average molecular weight is 254 g/mol. The van der Waals surface area contributed by atoms with Gasteiger partial charge in [0.15, 0.2) is 0 Å². The first-order valence-electron chi connectivity index (χ1n) is 6.88. The SMILES string of the molecule is CC(C)NCCN(c1ccccc1)c1ccccc1. The van der Waals surface area contributed by atoms with Gasteiger partial charge in [0.05, 0.1) is 0 Å². The second-order valence-corrected chi connectivity index (χ2v) is 4.93. The molecule has 0 atom stereocenters. The van der Waals surface area contributed by atoms with Gasteiger partial charge in [-0.05, 0) is 24.3 Å². The molecule has 0 unspecified atom stereocenters. The Morgan fingerprint density at radius 3 is 1.74 bits per heavy atom. The van der Waals surface area contributed by atoms with Crippen LogP contribution in [0.1, 0.15) is 13.8 Å². The maximum Gasteiger partial charge on any atom is 0.0411 e. The Kier molecular flexibility index (Phi) is 4.99. The molecule has 2 aromatic carbocycles. The van der Waals surface area contributed by atoms with Crippen LogP contribution in [-0.2, 0) is 0 Å². The van der Waals surface area contributed by atoms with Crippen LogP contribution in [0.3, 0.4) is 0 Å². The Balaban J connectivity index is 2.14. The summed E-state index contributed by atoms with van der Waals surface area (Å²) >= 11 is 0. The molecule has 0 radical (unpaired) electrons. The lowest BCUT2D eigenvalue weighted by Gasteiger charge is -2.25. The lowest BCUT2D eigenvalue weighted by molar-refractivity contribution is 0.593. The minimum absolute atomic E-state index is 0.522. The van der Waals surface area contributed by atoms with Crippen molar-refractivity contribution < 1.29 is 0 Å². The van der Waals surface area contributed by atoms with E-state index in [1.54, 1.807) is 0 Å². The minimum atomic E-state index is 0.522. The second kappa shape index (κ2) is 6.95. The molecular weight excluding hydrogens is 232 g/mol. The van der Waals surface area contributed by atoms with Gasteiger partial charge in [-0.2, -0.15) is 0 Å². The summed E-state index contributed by atoms with van der Waals surface area (Å²) in [6.07, 6.45) is 0. The van der Waals surface area contributed by atoms with Crippen molar-refractivity contribution in [2.24, 2.45) is 0 Å². The van der Waals surface area contributed by atoms with Crippen molar-refractivity contribution in [3.63, 3.8) is 0 Å². The van der Waals surface area contributed by atoms with E-state index >= 15 is 0 Å².